The number of rotatable bonds is 30. The highest BCUT2D eigenvalue weighted by atomic mass is 32.1. The lowest BCUT2D eigenvalue weighted by atomic mass is 10.0. The van der Waals surface area contributed by atoms with E-state index in [1.54, 1.807) is 30.5 Å². The van der Waals surface area contributed by atoms with Crippen LogP contribution >= 0.6 is 12.6 Å². The number of nitrogens with two attached hydrogens (primary N) is 3. The molecule has 3 rings (SSSR count). The fraction of sp³-hybridized carbons (Fsp3) is 0.512. The summed E-state index contributed by atoms with van der Waals surface area (Å²) in [5.74, 6) is -12.5. The van der Waals surface area contributed by atoms with Gasteiger partial charge in [0, 0.05) is 47.6 Å². The van der Waals surface area contributed by atoms with Crippen molar-refractivity contribution in [2.75, 3.05) is 12.3 Å². The molecule has 0 aliphatic carbocycles. The molecule has 8 amide bonds. The monoisotopic (exact) mass is 1000 g/mol. The molecule has 27 heteroatoms. The maximum absolute atomic E-state index is 14.0. The number of para-hydroxylation sites is 1. The van der Waals surface area contributed by atoms with Crippen molar-refractivity contribution in [1.29, 1.82) is 0 Å². The molecular formula is C43H63N13O13S. The molecular weight excluding hydrogens is 939 g/mol. The summed E-state index contributed by atoms with van der Waals surface area (Å²) >= 11 is 4.13. The van der Waals surface area contributed by atoms with E-state index >= 15 is 0 Å². The number of fused-ring (bicyclic) bond motifs is 1. The van der Waals surface area contributed by atoms with E-state index in [0.717, 1.165) is 17.8 Å². The molecule has 70 heavy (non-hydrogen) atoms. The van der Waals surface area contributed by atoms with Gasteiger partial charge in [-0.1, -0.05) is 38.5 Å². The third kappa shape index (κ3) is 17.8. The molecule has 0 bridgehead atoms. The van der Waals surface area contributed by atoms with E-state index in [2.05, 4.69) is 64.8 Å². The Morgan fingerprint density at radius 1 is 0.686 bits per heavy atom. The molecule has 0 spiro atoms. The molecule has 0 aliphatic rings. The number of carboxylic acid groups (broad SMARTS) is 2. The summed E-state index contributed by atoms with van der Waals surface area (Å²) in [5.41, 5.74) is 18.8. The van der Waals surface area contributed by atoms with Gasteiger partial charge in [0.15, 0.2) is 0 Å². The van der Waals surface area contributed by atoms with Crippen molar-refractivity contribution in [1.82, 2.24) is 52.2 Å². The highest BCUT2D eigenvalue weighted by Gasteiger charge is 2.37. The number of aromatic amines is 2. The second-order valence-electron chi connectivity index (χ2n) is 16.8. The average Bonchev–Trinajstić information content (AvgIpc) is 3.97. The number of hydrogen-bond donors (Lipinski definition) is 16. The number of carboxylic acids is 2. The van der Waals surface area contributed by atoms with Crippen molar-refractivity contribution >= 4 is 82.7 Å². The number of thiol groups is 1. The van der Waals surface area contributed by atoms with Crippen LogP contribution in [0, 0.1) is 5.92 Å². The molecule has 18 N–H and O–H groups in total. The fourth-order valence-electron chi connectivity index (χ4n) is 6.97. The number of carbonyl (C=O) groups excluding carboxylic acids is 8. The second-order valence-corrected chi connectivity index (χ2v) is 17.2. The first-order valence-electron chi connectivity index (χ1n) is 22.2. The maximum Gasteiger partial charge on any atom is 0.326 e. The van der Waals surface area contributed by atoms with E-state index in [9.17, 15) is 63.3 Å². The standard InChI is InChI=1S/C43H63N13O13S/c1-20(2)34(43(68)69)55-40(65)28(13-23-17-47-19-49-23)51-39(64)30(15-33(59)60)53-42(67)35(21(3)57)56-41(66)31(18-70)54-38(63)29(14-32(46)58)52-37(62)27(50-36(61)25(45)9-6-7-11-44)12-22-16-48-26-10-5-4-8-24(22)26/h4-5,8,10,16-17,19-21,25,27-31,34-35,48,57,70H,6-7,9,11-15,18,44-45H2,1-3H3,(H2,46,58)(H,47,49)(H,50,61)(H,51,64)(H,52,62)(H,53,67)(H,54,63)(H,55,65)(H,56,66)(H,59,60)(H,68,69)/t21-,25+,27+,28+,29+,30+,31+,34+,35+/m1/s1. The highest BCUT2D eigenvalue weighted by Crippen LogP contribution is 2.20. The van der Waals surface area contributed by atoms with Crippen LogP contribution in [0.1, 0.15) is 64.1 Å². The smallest absolute Gasteiger partial charge is 0.326 e. The van der Waals surface area contributed by atoms with Gasteiger partial charge in [0.25, 0.3) is 0 Å². The van der Waals surface area contributed by atoms with E-state index in [1.807, 2.05) is 0 Å². The van der Waals surface area contributed by atoms with E-state index in [1.165, 1.54) is 26.4 Å². The average molecular weight is 1000 g/mol. The summed E-state index contributed by atoms with van der Waals surface area (Å²) in [7, 11) is 0. The summed E-state index contributed by atoms with van der Waals surface area (Å²) in [4.78, 5) is 141. The van der Waals surface area contributed by atoms with Gasteiger partial charge in [0.2, 0.25) is 47.3 Å². The molecule has 0 fully saturated rings. The minimum atomic E-state index is -1.95. The molecule has 0 unspecified atom stereocenters. The lowest BCUT2D eigenvalue weighted by Gasteiger charge is -2.28. The van der Waals surface area contributed by atoms with Crippen molar-refractivity contribution in [3.63, 3.8) is 0 Å². The molecule has 0 aliphatic heterocycles. The Bertz CT molecular complexity index is 2310. The normalized spacial score (nSPS) is 15.1. The SMILES string of the molecule is CC(C)[C@H](NC(=O)[C@H](Cc1cnc[nH]1)NC(=O)[C@H](CC(=O)O)NC(=O)[C@@H](NC(=O)[C@H](CS)NC(=O)[C@H](CC(N)=O)NC(=O)[C@H](Cc1c[nH]c2ccccc12)NC(=O)[C@@H](N)CCCCN)[C@@H](C)O)C(=O)O. The van der Waals surface area contributed by atoms with Gasteiger partial charge in [-0.3, -0.25) is 43.2 Å². The van der Waals surface area contributed by atoms with Gasteiger partial charge in [-0.2, -0.15) is 12.6 Å². The van der Waals surface area contributed by atoms with Gasteiger partial charge in [0.1, 0.15) is 42.3 Å². The van der Waals surface area contributed by atoms with Crippen LogP contribution in [-0.2, 0) is 60.8 Å². The van der Waals surface area contributed by atoms with Crippen LogP contribution in [0.15, 0.2) is 43.0 Å². The van der Waals surface area contributed by atoms with Gasteiger partial charge in [0.05, 0.1) is 31.3 Å². The number of aliphatic carboxylic acids is 2. The topological polar surface area (TPSA) is 438 Å². The molecule has 2 aromatic heterocycles. The Kier molecular flexibility index (Phi) is 22.7. The molecule has 26 nitrogen and oxygen atoms in total. The molecule has 0 saturated heterocycles. The molecule has 9 atom stereocenters. The summed E-state index contributed by atoms with van der Waals surface area (Å²) in [6.45, 7) is 4.51. The first-order valence-corrected chi connectivity index (χ1v) is 22.8. The van der Waals surface area contributed by atoms with Crippen molar-refractivity contribution in [2.45, 2.75) is 120 Å². The predicted molar refractivity (Wildman–Crippen MR) is 253 cm³/mol. The van der Waals surface area contributed by atoms with E-state index in [4.69, 9.17) is 17.2 Å². The number of carbonyl (C=O) groups is 10. The van der Waals surface area contributed by atoms with Crippen LogP contribution in [0.5, 0.6) is 0 Å². The number of H-pyrrole nitrogens is 2. The van der Waals surface area contributed by atoms with Gasteiger partial charge in [-0.05, 0) is 43.9 Å². The summed E-state index contributed by atoms with van der Waals surface area (Å²) in [6.07, 6.45) is 1.63. The third-order valence-corrected chi connectivity index (χ3v) is 11.2. The number of unbranched alkanes of at least 4 members (excludes halogenated alkanes) is 1. The Hall–Kier alpha value is -7.10. The number of aliphatic hydroxyl groups is 1. The number of aliphatic hydroxyl groups excluding tert-OH is 1. The number of aromatic nitrogens is 3. The third-order valence-electron chi connectivity index (χ3n) is 10.8. The molecule has 2 heterocycles. The number of benzene rings is 1. The second kappa shape index (κ2) is 27.8. The zero-order valence-corrected chi connectivity index (χ0v) is 39.6. The summed E-state index contributed by atoms with van der Waals surface area (Å²) in [6, 6.07) is -5.41. The quantitative estimate of drug-likeness (QED) is 0.0223. The Morgan fingerprint density at radius 2 is 1.23 bits per heavy atom. The van der Waals surface area contributed by atoms with Crippen LogP contribution in [-0.4, -0.2) is 156 Å². The van der Waals surface area contributed by atoms with Gasteiger partial charge < -0.3 is 79.7 Å². The molecule has 0 radical (unpaired) electrons. The lowest BCUT2D eigenvalue weighted by Crippen LogP contribution is -2.62. The highest BCUT2D eigenvalue weighted by molar-refractivity contribution is 7.80. The van der Waals surface area contributed by atoms with Crippen molar-refractivity contribution < 1.29 is 63.3 Å². The summed E-state index contributed by atoms with van der Waals surface area (Å²) in [5, 5.41) is 47.0. The molecule has 1 aromatic carbocycles. The number of nitrogens with zero attached hydrogens (tertiary/aromatic N) is 1. The number of imidazole rings is 1. The van der Waals surface area contributed by atoms with Crippen molar-refractivity contribution in [3.8, 4) is 0 Å². The Morgan fingerprint density at radius 3 is 1.80 bits per heavy atom. The van der Waals surface area contributed by atoms with Crippen molar-refractivity contribution in [2.24, 2.45) is 23.1 Å². The van der Waals surface area contributed by atoms with Crippen LogP contribution in [0.25, 0.3) is 10.9 Å². The maximum atomic E-state index is 14.0. The van der Waals surface area contributed by atoms with Crippen LogP contribution in [0.4, 0.5) is 0 Å². The zero-order valence-electron chi connectivity index (χ0n) is 38.7. The number of hydrogen-bond acceptors (Lipinski definition) is 15. The van der Waals surface area contributed by atoms with Crippen LogP contribution < -0.4 is 54.4 Å². The largest absolute Gasteiger partial charge is 0.481 e. The van der Waals surface area contributed by atoms with Crippen LogP contribution in [0.2, 0.25) is 0 Å². The van der Waals surface area contributed by atoms with E-state index in [-0.39, 0.29) is 19.3 Å². The predicted octanol–water partition coefficient (Wildman–Crippen LogP) is -4.07. The molecule has 384 valence electrons. The number of primary amides is 1. The van der Waals surface area contributed by atoms with Gasteiger partial charge in [-0.25, -0.2) is 9.78 Å². The Labute approximate surface area is 407 Å². The Balaban J connectivity index is 1.81. The summed E-state index contributed by atoms with van der Waals surface area (Å²) < 4.78 is 0. The first kappa shape index (κ1) is 57.2. The first-order chi connectivity index (χ1) is 33.1. The minimum absolute atomic E-state index is 0.103. The molecule has 0 saturated carbocycles. The van der Waals surface area contributed by atoms with Gasteiger partial charge in [-0.15, -0.1) is 0 Å². The molecule has 3 aromatic rings. The minimum Gasteiger partial charge on any atom is -0.481 e. The van der Waals surface area contributed by atoms with Crippen LogP contribution in [0.3, 0.4) is 0 Å². The fourth-order valence-corrected chi connectivity index (χ4v) is 7.22. The lowest BCUT2D eigenvalue weighted by molar-refractivity contribution is -0.144. The van der Waals surface area contributed by atoms with E-state index < -0.39 is 138 Å². The van der Waals surface area contributed by atoms with E-state index in [0.29, 0.717) is 30.6 Å². The number of amides is 8. The van der Waals surface area contributed by atoms with Crippen molar-refractivity contribution in [3.05, 3.63) is 54.2 Å². The van der Waals surface area contributed by atoms with Gasteiger partial charge >= 0.3 is 11.9 Å². The zero-order chi connectivity index (χ0) is 52.2. The number of nitrogens with one attached hydrogen (secondary N) is 9.